The predicted molar refractivity (Wildman–Crippen MR) is 126 cm³/mol. The van der Waals surface area contributed by atoms with Gasteiger partial charge in [0.05, 0.1) is 18.2 Å². The molecular weight excluding hydrogens is 446 g/mol. The van der Waals surface area contributed by atoms with Gasteiger partial charge in [-0.15, -0.1) is 21.5 Å². The lowest BCUT2D eigenvalue weighted by Gasteiger charge is -2.09. The highest BCUT2D eigenvalue weighted by atomic mass is 32.2. The van der Waals surface area contributed by atoms with Gasteiger partial charge in [-0.2, -0.15) is 0 Å². The number of ether oxygens (including phenoxy) is 1. The third kappa shape index (κ3) is 4.20. The van der Waals surface area contributed by atoms with E-state index < -0.39 is 5.97 Å². The molecule has 0 unspecified atom stereocenters. The molecule has 3 heterocycles. The lowest BCUT2D eigenvalue weighted by atomic mass is 10.1. The standard InChI is InChI=1S/C22H23N5O3S2/c1-5-9-27-18(14-8-6-7-12(2)10-14)25-26-22(27)31-11-15-23-19(28)16-13(3)17(21(29)30-4)32-20(16)24-15/h6-8,10H,5,9,11H2,1-4H3,(H,23,24,28). The Hall–Kier alpha value is -2.98. The molecule has 1 N–H and O–H groups in total. The average molecular weight is 470 g/mol. The first-order chi connectivity index (χ1) is 15.4. The Bertz CT molecular complexity index is 1360. The summed E-state index contributed by atoms with van der Waals surface area (Å²) in [5, 5.41) is 10.0. The first-order valence-corrected chi connectivity index (χ1v) is 12.0. The molecule has 0 bridgehead atoms. The monoisotopic (exact) mass is 469 g/mol. The van der Waals surface area contributed by atoms with Gasteiger partial charge in [0.1, 0.15) is 15.5 Å². The van der Waals surface area contributed by atoms with Gasteiger partial charge < -0.3 is 14.3 Å². The van der Waals surface area contributed by atoms with E-state index in [0.29, 0.717) is 32.2 Å². The number of carbonyl (C=O) groups excluding carboxylic acids is 1. The van der Waals surface area contributed by atoms with Crippen molar-refractivity contribution in [3.05, 3.63) is 56.4 Å². The number of aromatic amines is 1. The van der Waals surface area contributed by atoms with E-state index in [1.54, 1.807) is 6.92 Å². The van der Waals surface area contributed by atoms with Crippen molar-refractivity contribution in [3.63, 3.8) is 0 Å². The number of hydrogen-bond acceptors (Lipinski definition) is 8. The number of carbonyl (C=O) groups is 1. The van der Waals surface area contributed by atoms with E-state index in [-0.39, 0.29) is 5.56 Å². The van der Waals surface area contributed by atoms with Crippen LogP contribution in [0, 0.1) is 13.8 Å². The summed E-state index contributed by atoms with van der Waals surface area (Å²) < 4.78 is 6.91. The normalized spacial score (nSPS) is 11.2. The van der Waals surface area contributed by atoms with Gasteiger partial charge >= 0.3 is 5.97 Å². The Labute approximate surface area is 193 Å². The molecule has 166 valence electrons. The molecule has 0 saturated heterocycles. The number of aryl methyl sites for hydroxylation is 2. The Kier molecular flexibility index (Phi) is 6.43. The smallest absolute Gasteiger partial charge is 0.348 e. The van der Waals surface area contributed by atoms with Crippen LogP contribution >= 0.6 is 23.1 Å². The van der Waals surface area contributed by atoms with Crippen molar-refractivity contribution in [2.75, 3.05) is 7.11 Å². The molecular formula is C22H23N5O3S2. The fourth-order valence-corrected chi connectivity index (χ4v) is 5.45. The van der Waals surface area contributed by atoms with Crippen molar-refractivity contribution in [3.8, 4) is 11.4 Å². The number of esters is 1. The van der Waals surface area contributed by atoms with Gasteiger partial charge in [-0.1, -0.05) is 42.4 Å². The molecule has 0 saturated carbocycles. The van der Waals surface area contributed by atoms with Crippen molar-refractivity contribution >= 4 is 39.3 Å². The molecule has 0 amide bonds. The van der Waals surface area contributed by atoms with Gasteiger partial charge in [-0.05, 0) is 31.9 Å². The Morgan fingerprint density at radius 3 is 2.81 bits per heavy atom. The molecule has 0 spiro atoms. The zero-order chi connectivity index (χ0) is 22.8. The molecule has 10 heteroatoms. The van der Waals surface area contributed by atoms with E-state index in [2.05, 4.69) is 50.7 Å². The Morgan fingerprint density at radius 1 is 1.28 bits per heavy atom. The third-order valence-electron chi connectivity index (χ3n) is 5.00. The highest BCUT2D eigenvalue weighted by Gasteiger charge is 2.20. The summed E-state index contributed by atoms with van der Waals surface area (Å²) in [6.45, 7) is 6.68. The second-order valence-corrected chi connectivity index (χ2v) is 9.30. The number of hydrogen-bond donors (Lipinski definition) is 1. The van der Waals surface area contributed by atoms with Gasteiger partial charge in [0.2, 0.25) is 0 Å². The zero-order valence-electron chi connectivity index (χ0n) is 18.3. The number of nitrogens with one attached hydrogen (secondary N) is 1. The van der Waals surface area contributed by atoms with E-state index >= 15 is 0 Å². The summed E-state index contributed by atoms with van der Waals surface area (Å²) in [6.07, 6.45) is 0.941. The van der Waals surface area contributed by atoms with Crippen LogP contribution in [0.1, 0.15) is 40.0 Å². The van der Waals surface area contributed by atoms with Crippen LogP contribution in [0.15, 0.2) is 34.2 Å². The number of nitrogens with zero attached hydrogens (tertiary/aromatic N) is 4. The lowest BCUT2D eigenvalue weighted by molar-refractivity contribution is 0.0605. The maximum Gasteiger partial charge on any atom is 0.348 e. The topological polar surface area (TPSA) is 103 Å². The Morgan fingerprint density at radius 2 is 2.09 bits per heavy atom. The van der Waals surface area contributed by atoms with Crippen LogP contribution in [0.3, 0.4) is 0 Å². The number of aromatic nitrogens is 5. The largest absolute Gasteiger partial charge is 0.465 e. The average Bonchev–Trinajstić information content (AvgIpc) is 3.33. The molecule has 1 aromatic carbocycles. The number of rotatable bonds is 7. The van der Waals surface area contributed by atoms with Gasteiger partial charge in [0.15, 0.2) is 11.0 Å². The second-order valence-electron chi connectivity index (χ2n) is 7.36. The van der Waals surface area contributed by atoms with Crippen molar-refractivity contribution in [2.45, 2.75) is 44.6 Å². The fourth-order valence-electron chi connectivity index (χ4n) is 3.50. The van der Waals surface area contributed by atoms with Crippen LogP contribution in [-0.2, 0) is 17.0 Å². The Balaban J connectivity index is 1.63. The maximum atomic E-state index is 12.7. The van der Waals surface area contributed by atoms with Crippen molar-refractivity contribution in [1.29, 1.82) is 0 Å². The van der Waals surface area contributed by atoms with Crippen LogP contribution in [0.4, 0.5) is 0 Å². The second kappa shape index (κ2) is 9.25. The number of H-pyrrole nitrogens is 1. The van der Waals surface area contributed by atoms with E-state index in [1.807, 2.05) is 12.1 Å². The molecule has 0 fully saturated rings. The minimum Gasteiger partial charge on any atom is -0.465 e. The molecule has 8 nitrogen and oxygen atoms in total. The SMILES string of the molecule is CCCn1c(SCc2nc3sc(C(=O)OC)c(C)c3c(=O)[nH]2)nnc1-c1cccc(C)c1. The van der Waals surface area contributed by atoms with E-state index in [1.165, 1.54) is 30.2 Å². The van der Waals surface area contributed by atoms with E-state index in [0.717, 1.165) is 35.1 Å². The lowest BCUT2D eigenvalue weighted by Crippen LogP contribution is -2.11. The molecule has 0 radical (unpaired) electrons. The quantitative estimate of drug-likeness (QED) is 0.317. The summed E-state index contributed by atoms with van der Waals surface area (Å²) in [6, 6.07) is 8.19. The molecule has 0 aliphatic carbocycles. The minimum atomic E-state index is -0.461. The number of fused-ring (bicyclic) bond motifs is 1. The molecule has 32 heavy (non-hydrogen) atoms. The first kappa shape index (κ1) is 22.2. The molecule has 4 rings (SSSR count). The molecule has 3 aromatic heterocycles. The van der Waals surface area contributed by atoms with Gasteiger partial charge in [-0.25, -0.2) is 9.78 Å². The molecule has 0 aliphatic rings. The summed E-state index contributed by atoms with van der Waals surface area (Å²) in [4.78, 5) is 33.0. The van der Waals surface area contributed by atoms with E-state index in [9.17, 15) is 9.59 Å². The third-order valence-corrected chi connectivity index (χ3v) is 7.14. The van der Waals surface area contributed by atoms with Gasteiger partial charge in [0, 0.05) is 12.1 Å². The van der Waals surface area contributed by atoms with Crippen LogP contribution in [0.25, 0.3) is 21.6 Å². The molecule has 4 aromatic rings. The number of thioether (sulfide) groups is 1. The summed E-state index contributed by atoms with van der Waals surface area (Å²) in [5.74, 6) is 1.31. The minimum absolute atomic E-state index is 0.259. The number of benzene rings is 1. The maximum absolute atomic E-state index is 12.7. The van der Waals surface area contributed by atoms with Crippen LogP contribution < -0.4 is 5.56 Å². The van der Waals surface area contributed by atoms with Gasteiger partial charge in [0.25, 0.3) is 5.56 Å². The van der Waals surface area contributed by atoms with Crippen molar-refractivity contribution < 1.29 is 9.53 Å². The molecule has 0 aliphatic heterocycles. The highest BCUT2D eigenvalue weighted by molar-refractivity contribution is 7.98. The van der Waals surface area contributed by atoms with E-state index in [4.69, 9.17) is 4.74 Å². The summed E-state index contributed by atoms with van der Waals surface area (Å²) in [5.41, 5.74) is 2.52. The van der Waals surface area contributed by atoms with Crippen LogP contribution in [0.2, 0.25) is 0 Å². The van der Waals surface area contributed by atoms with Crippen LogP contribution in [0.5, 0.6) is 0 Å². The van der Waals surface area contributed by atoms with Crippen molar-refractivity contribution in [2.24, 2.45) is 0 Å². The zero-order valence-corrected chi connectivity index (χ0v) is 19.9. The predicted octanol–water partition coefficient (Wildman–Crippen LogP) is 4.35. The summed E-state index contributed by atoms with van der Waals surface area (Å²) >= 11 is 2.64. The summed E-state index contributed by atoms with van der Waals surface area (Å²) in [7, 11) is 1.32. The van der Waals surface area contributed by atoms with Gasteiger partial charge in [-0.3, -0.25) is 4.79 Å². The van der Waals surface area contributed by atoms with Crippen molar-refractivity contribution in [1.82, 2.24) is 24.7 Å². The highest BCUT2D eigenvalue weighted by Crippen LogP contribution is 2.29. The number of thiophene rings is 1. The number of methoxy groups -OCH3 is 1. The molecule has 0 atom stereocenters. The fraction of sp³-hybridized carbons (Fsp3) is 0.318. The van der Waals surface area contributed by atoms with Crippen LogP contribution in [-0.4, -0.2) is 37.8 Å². The first-order valence-electron chi connectivity index (χ1n) is 10.2.